The van der Waals surface area contributed by atoms with Crippen molar-refractivity contribution >= 4 is 47.6 Å². The number of nitrogens with one attached hydrogen (secondary N) is 2. The summed E-state index contributed by atoms with van der Waals surface area (Å²) >= 11 is 0. The van der Waals surface area contributed by atoms with Crippen molar-refractivity contribution in [3.8, 4) is 0 Å². The number of esters is 6. The third-order valence-electron chi connectivity index (χ3n) is 11.3. The number of imidazole rings is 1. The van der Waals surface area contributed by atoms with Crippen LogP contribution in [0.3, 0.4) is 0 Å². The molecular formula is C69H119N11O14. The summed E-state index contributed by atoms with van der Waals surface area (Å²) in [5.74, 6) is -2.23. The Hall–Kier alpha value is -8.20. The van der Waals surface area contributed by atoms with Gasteiger partial charge in [-0.3, -0.25) is 14.6 Å². The third-order valence-corrected chi connectivity index (χ3v) is 11.3. The lowest BCUT2D eigenvalue weighted by molar-refractivity contribution is -0.140. The number of pyridine rings is 1. The van der Waals surface area contributed by atoms with Crippen LogP contribution in [0.25, 0.3) is 0 Å². The Morgan fingerprint density at radius 3 is 1.16 bits per heavy atom. The van der Waals surface area contributed by atoms with E-state index in [1.54, 1.807) is 45.7 Å². The highest BCUT2D eigenvalue weighted by Crippen LogP contribution is 1.99. The van der Waals surface area contributed by atoms with Crippen molar-refractivity contribution in [2.75, 3.05) is 175 Å². The quantitative estimate of drug-likeness (QED) is 0.0324. The van der Waals surface area contributed by atoms with Gasteiger partial charge in [-0.1, -0.05) is 80.3 Å². The minimum absolute atomic E-state index is 0.0474. The number of hydrogen-bond donors (Lipinski definition) is 2. The minimum atomic E-state index is -0.393. The average Bonchev–Trinajstić information content (AvgIpc) is 3.02. The molecule has 2 rings (SSSR count). The van der Waals surface area contributed by atoms with Gasteiger partial charge in [-0.25, -0.2) is 33.8 Å². The van der Waals surface area contributed by atoms with Crippen molar-refractivity contribution in [2.45, 2.75) is 74.3 Å². The lowest BCUT2D eigenvalue weighted by Crippen LogP contribution is -2.27. The summed E-state index contributed by atoms with van der Waals surface area (Å²) in [6, 6.07) is 3.78. The molecule has 2 aromatic rings. The Morgan fingerprint density at radius 2 is 0.819 bits per heavy atom. The third kappa shape index (κ3) is 76.3. The highest BCUT2D eigenvalue weighted by molar-refractivity contribution is 5.92. The molecule has 25 heteroatoms. The molecule has 2 N–H and O–H groups in total. The van der Waals surface area contributed by atoms with E-state index in [0.717, 1.165) is 115 Å². The van der Waals surface area contributed by atoms with E-state index in [1.165, 1.54) is 12.2 Å². The number of rotatable bonds is 38. The summed E-state index contributed by atoms with van der Waals surface area (Å²) < 4.78 is 30.7. The average molecular weight is 1330 g/mol. The lowest BCUT2D eigenvalue weighted by atomic mass is 10.2. The van der Waals surface area contributed by atoms with Gasteiger partial charge < -0.3 is 73.0 Å². The molecule has 94 heavy (non-hydrogen) atoms. The minimum Gasteiger partial charge on any atom is -0.462 e. The van der Waals surface area contributed by atoms with E-state index in [2.05, 4.69) is 121 Å². The first-order chi connectivity index (χ1) is 44.4. The standard InChI is InChI=1S/C10H11NO2.C10H19NO2.C9H18N2O.C9H17NO2.C8H10N2O2.C8H16N2O.C8H15NO2.C7H13NO2/c1-2-10(12)13-8-5-9-3-6-11-7-4-9;1-5-11(6-2)7-8-13-10(12)9(3)4;1-8(2)9(12)10-6-5-7-11(3)4;1-4-9(11)12-8-7-10(5-2)6-3;1-2-8(11)12-6-5-10-4-3-9-7-10;1-4-8(11)9-6-5-7-10(2)3;1-7(2)8(10)11-6-5-9(3)4;1-4-7(9)10-6-5-8(2)3/h2-4,6-7H,1,5,8H2;3,5-8H2,1-2,4H3;1,5-7H2,2-4H3,(H,10,12);4H,1,5-8H2,2-3H3;2-4,7H,1,5-6H2;4H,1,5-7H2,2-3H3,(H,9,11);1,5-6H2,2-4H3;4H,1,5-6H2,2-3H3. The highest BCUT2D eigenvalue weighted by Gasteiger charge is 2.06. The van der Waals surface area contributed by atoms with Gasteiger partial charge >= 0.3 is 35.8 Å². The maximum absolute atomic E-state index is 11.0. The van der Waals surface area contributed by atoms with E-state index in [4.69, 9.17) is 28.4 Å². The fourth-order valence-electron chi connectivity index (χ4n) is 5.67. The first-order valence-corrected chi connectivity index (χ1v) is 31.0. The molecule has 0 aromatic carbocycles. The topological polar surface area (TPSA) is 266 Å². The molecule has 0 radical (unpaired) electrons. The van der Waals surface area contributed by atoms with Gasteiger partial charge in [0.05, 0.1) is 19.5 Å². The predicted octanol–water partition coefficient (Wildman–Crippen LogP) is 6.29. The van der Waals surface area contributed by atoms with E-state index < -0.39 is 5.97 Å². The maximum atomic E-state index is 11.0. The number of likely N-dealkylation sites (N-methyl/N-ethyl adjacent to an activating group) is 4. The number of ether oxygens (including phenoxy) is 6. The first kappa shape index (κ1) is 96.9. The largest absolute Gasteiger partial charge is 0.462 e. The van der Waals surface area contributed by atoms with Gasteiger partial charge in [-0.05, 0) is 153 Å². The Bertz CT molecular complexity index is 2390. The van der Waals surface area contributed by atoms with Crippen LogP contribution in [0.1, 0.15) is 66.9 Å². The van der Waals surface area contributed by atoms with Gasteiger partial charge in [0.25, 0.3) is 0 Å². The lowest BCUT2D eigenvalue weighted by Gasteiger charge is -2.17. The van der Waals surface area contributed by atoms with Crippen molar-refractivity contribution in [3.05, 3.63) is 149 Å². The molecule has 0 aliphatic heterocycles. The SMILES string of the molecule is C=C(C)C(=O)NCCCN(C)C.C=C(C)C(=O)OCCN(C)C.C=C(C)C(=O)OCCN(CC)CC.C=CC(=O)NCCCN(C)C.C=CC(=O)OCCN(C)C.C=CC(=O)OCCN(CC)CC.C=CC(=O)OCCc1ccncc1.C=CC(=O)OCCn1ccnc1. The number of hydrogen-bond acceptors (Lipinski definition) is 22. The molecule has 2 heterocycles. The Morgan fingerprint density at radius 1 is 0.457 bits per heavy atom. The van der Waals surface area contributed by atoms with Crippen LogP contribution < -0.4 is 10.6 Å². The number of amides is 2. The molecule has 2 amide bonds. The Balaban J connectivity index is -0.000000236. The molecule has 25 nitrogen and oxygen atoms in total. The van der Waals surface area contributed by atoms with Crippen LogP contribution in [0.2, 0.25) is 0 Å². The molecule has 0 fully saturated rings. The molecule has 0 spiro atoms. The summed E-state index contributed by atoms with van der Waals surface area (Å²) in [5, 5.41) is 5.48. The van der Waals surface area contributed by atoms with Gasteiger partial charge in [0, 0.05) is 112 Å². The van der Waals surface area contributed by atoms with Crippen molar-refractivity contribution in [3.63, 3.8) is 0 Å². The monoisotopic (exact) mass is 1330 g/mol. The zero-order valence-electron chi connectivity index (χ0n) is 59.9. The molecule has 0 unspecified atom stereocenters. The summed E-state index contributed by atoms with van der Waals surface area (Å²) in [7, 11) is 15.7. The van der Waals surface area contributed by atoms with Gasteiger partial charge in [-0.2, -0.15) is 0 Å². The van der Waals surface area contributed by atoms with Gasteiger partial charge in [0.1, 0.15) is 33.0 Å². The predicted molar refractivity (Wildman–Crippen MR) is 376 cm³/mol. The molecular weight excluding hydrogens is 1210 g/mol. The molecule has 0 saturated heterocycles. The van der Waals surface area contributed by atoms with Crippen LogP contribution in [0.5, 0.6) is 0 Å². The summed E-state index contributed by atoms with van der Waals surface area (Å²) in [4.78, 5) is 106. The summed E-state index contributed by atoms with van der Waals surface area (Å²) in [6.45, 7) is 54.0. The van der Waals surface area contributed by atoms with E-state index in [-0.39, 0.29) is 41.7 Å². The normalized spacial score (nSPS) is 9.71. The van der Waals surface area contributed by atoms with Crippen LogP contribution in [-0.4, -0.2) is 266 Å². The Kier molecular flexibility index (Phi) is 71.3. The number of carbonyl (C=O) groups excluding carboxylic acids is 8. The van der Waals surface area contributed by atoms with Gasteiger partial charge in [0.2, 0.25) is 11.8 Å². The van der Waals surface area contributed by atoms with Crippen molar-refractivity contribution < 1.29 is 66.8 Å². The van der Waals surface area contributed by atoms with Gasteiger partial charge in [-0.15, -0.1) is 0 Å². The molecule has 2 aromatic heterocycles. The smallest absolute Gasteiger partial charge is 0.333 e. The zero-order valence-corrected chi connectivity index (χ0v) is 59.9. The van der Waals surface area contributed by atoms with E-state index in [9.17, 15) is 38.4 Å². The first-order valence-electron chi connectivity index (χ1n) is 31.0. The maximum Gasteiger partial charge on any atom is 0.333 e. The fraction of sp³-hybridized carbons (Fsp3) is 0.536. The van der Waals surface area contributed by atoms with Crippen LogP contribution in [0, 0.1) is 0 Å². The summed E-state index contributed by atoms with van der Waals surface area (Å²) in [5.41, 5.74) is 2.58. The number of aromatic nitrogens is 3. The highest BCUT2D eigenvalue weighted by atomic mass is 16.6. The number of carbonyl (C=O) groups is 8. The molecule has 0 atom stereocenters. The molecule has 0 aliphatic carbocycles. The Labute approximate surface area is 564 Å². The van der Waals surface area contributed by atoms with Crippen molar-refractivity contribution in [2.24, 2.45) is 0 Å². The second-order valence-electron chi connectivity index (χ2n) is 20.7. The van der Waals surface area contributed by atoms with Crippen LogP contribution in [0.15, 0.2) is 143 Å². The number of nitrogens with zero attached hydrogens (tertiary/aromatic N) is 9. The van der Waals surface area contributed by atoms with Gasteiger partial charge in [0.15, 0.2) is 0 Å². The van der Waals surface area contributed by atoms with E-state index in [0.29, 0.717) is 69.3 Å². The van der Waals surface area contributed by atoms with Crippen LogP contribution >= 0.6 is 0 Å². The molecule has 0 aliphatic rings. The second-order valence-corrected chi connectivity index (χ2v) is 20.7. The molecule has 0 saturated carbocycles. The molecule has 0 bridgehead atoms. The second kappa shape index (κ2) is 69.1. The molecule has 534 valence electrons. The van der Waals surface area contributed by atoms with E-state index >= 15 is 0 Å². The zero-order chi connectivity index (χ0) is 73.1. The van der Waals surface area contributed by atoms with Crippen LogP contribution in [0.4, 0.5) is 0 Å². The van der Waals surface area contributed by atoms with Crippen molar-refractivity contribution in [1.29, 1.82) is 0 Å². The van der Waals surface area contributed by atoms with Crippen LogP contribution in [-0.2, 0) is 79.7 Å². The van der Waals surface area contributed by atoms with Crippen molar-refractivity contribution in [1.82, 2.24) is 54.6 Å². The summed E-state index contributed by atoms with van der Waals surface area (Å²) in [6.07, 6.45) is 17.2. The van der Waals surface area contributed by atoms with E-state index in [1.807, 2.05) is 89.1 Å². The fourth-order valence-corrected chi connectivity index (χ4v) is 5.67.